The predicted molar refractivity (Wildman–Crippen MR) is 135 cm³/mol. The standard InChI is InChI=1S/C24H26ClN5O4S/c1-16-4-6-19(7-5-16)14-21-17(2)26-18(3)27-24(21)28-10-12-29(13-11-28)35(33,34)20-8-9-22(25)23(15-20)30(31)32/h4-9,15H,10-14H2,1-3H3. The minimum absolute atomic E-state index is 0.102. The van der Waals surface area contributed by atoms with E-state index in [0.29, 0.717) is 25.3 Å². The molecule has 0 unspecified atom stereocenters. The molecule has 3 aromatic rings. The number of hydrogen-bond acceptors (Lipinski definition) is 7. The quantitative estimate of drug-likeness (QED) is 0.359. The fourth-order valence-electron chi connectivity index (χ4n) is 4.18. The topological polar surface area (TPSA) is 110 Å². The Balaban J connectivity index is 1.56. The number of nitro groups is 1. The Morgan fingerprint density at radius 3 is 2.29 bits per heavy atom. The first-order valence-corrected chi connectivity index (χ1v) is 13.0. The molecule has 4 rings (SSSR count). The van der Waals surface area contributed by atoms with E-state index in [1.165, 1.54) is 22.0 Å². The molecule has 0 atom stereocenters. The second-order valence-corrected chi connectivity index (χ2v) is 10.9. The van der Waals surface area contributed by atoms with Crippen LogP contribution in [0.15, 0.2) is 47.4 Å². The molecule has 0 spiro atoms. The molecule has 9 nitrogen and oxygen atoms in total. The van der Waals surface area contributed by atoms with Crippen molar-refractivity contribution in [2.45, 2.75) is 32.1 Å². The summed E-state index contributed by atoms with van der Waals surface area (Å²) in [6, 6.07) is 11.9. The fourth-order valence-corrected chi connectivity index (χ4v) is 5.81. The van der Waals surface area contributed by atoms with Gasteiger partial charge in [0.15, 0.2) is 0 Å². The van der Waals surface area contributed by atoms with E-state index < -0.39 is 20.6 Å². The molecule has 0 saturated carbocycles. The first-order chi connectivity index (χ1) is 16.6. The number of aryl methyl sites for hydroxylation is 3. The number of halogens is 1. The molecular formula is C24H26ClN5O4S. The van der Waals surface area contributed by atoms with Crippen LogP contribution in [-0.4, -0.2) is 53.8 Å². The maximum atomic E-state index is 13.2. The summed E-state index contributed by atoms with van der Waals surface area (Å²) in [6.45, 7) is 7.19. The Bertz CT molecular complexity index is 1370. The lowest BCUT2D eigenvalue weighted by Crippen LogP contribution is -2.49. The van der Waals surface area contributed by atoms with Crippen molar-refractivity contribution in [2.24, 2.45) is 0 Å². The molecule has 0 radical (unpaired) electrons. The molecule has 2 aromatic carbocycles. The van der Waals surface area contributed by atoms with Crippen molar-refractivity contribution in [3.05, 3.63) is 85.8 Å². The van der Waals surface area contributed by atoms with Crippen LogP contribution in [0.3, 0.4) is 0 Å². The lowest BCUT2D eigenvalue weighted by molar-refractivity contribution is -0.384. The van der Waals surface area contributed by atoms with Crippen molar-refractivity contribution < 1.29 is 13.3 Å². The number of piperazine rings is 1. The number of nitro benzene ring substituents is 1. The van der Waals surface area contributed by atoms with Gasteiger partial charge in [-0.1, -0.05) is 41.4 Å². The molecular weight excluding hydrogens is 490 g/mol. The van der Waals surface area contributed by atoms with E-state index in [0.717, 1.165) is 28.7 Å². The van der Waals surface area contributed by atoms with Crippen molar-refractivity contribution in [3.8, 4) is 0 Å². The van der Waals surface area contributed by atoms with Crippen LogP contribution < -0.4 is 4.90 Å². The third-order valence-corrected chi connectivity index (χ3v) is 8.31. The first-order valence-electron chi connectivity index (χ1n) is 11.1. The Morgan fingerprint density at radius 2 is 1.66 bits per heavy atom. The highest BCUT2D eigenvalue weighted by atomic mass is 35.5. The second-order valence-electron chi connectivity index (χ2n) is 8.58. The number of aromatic nitrogens is 2. The van der Waals surface area contributed by atoms with Gasteiger partial charge in [0.05, 0.1) is 9.82 Å². The Kier molecular flexibility index (Phi) is 7.07. The van der Waals surface area contributed by atoms with Gasteiger partial charge in [-0.25, -0.2) is 18.4 Å². The van der Waals surface area contributed by atoms with Crippen molar-refractivity contribution in [3.63, 3.8) is 0 Å². The Labute approximate surface area is 209 Å². The van der Waals surface area contributed by atoms with Gasteiger partial charge < -0.3 is 4.90 Å². The molecule has 1 saturated heterocycles. The molecule has 11 heteroatoms. The van der Waals surface area contributed by atoms with Crippen molar-refractivity contribution >= 4 is 33.1 Å². The SMILES string of the molecule is Cc1ccc(Cc2c(C)nc(C)nc2N2CCN(S(=O)(=O)c3ccc(Cl)c([N+](=O)[O-])c3)CC2)cc1. The molecule has 1 aliphatic rings. The fraction of sp³-hybridized carbons (Fsp3) is 0.333. The van der Waals surface area contributed by atoms with E-state index in [9.17, 15) is 18.5 Å². The van der Waals surface area contributed by atoms with E-state index in [-0.39, 0.29) is 23.0 Å². The molecule has 0 bridgehead atoms. The molecule has 2 heterocycles. The summed E-state index contributed by atoms with van der Waals surface area (Å²) in [5.74, 6) is 1.48. The zero-order valence-corrected chi connectivity index (χ0v) is 21.3. The number of anilines is 1. The van der Waals surface area contributed by atoms with Crippen LogP contribution >= 0.6 is 11.6 Å². The van der Waals surface area contributed by atoms with Crippen molar-refractivity contribution in [1.82, 2.24) is 14.3 Å². The van der Waals surface area contributed by atoms with Gasteiger partial charge in [0.2, 0.25) is 10.0 Å². The van der Waals surface area contributed by atoms with Crippen molar-refractivity contribution in [2.75, 3.05) is 31.1 Å². The minimum atomic E-state index is -3.91. The first kappa shape index (κ1) is 25.0. The highest BCUT2D eigenvalue weighted by molar-refractivity contribution is 7.89. The molecule has 0 amide bonds. The molecule has 0 aliphatic carbocycles. The largest absolute Gasteiger partial charge is 0.354 e. The number of rotatable bonds is 6. The zero-order valence-electron chi connectivity index (χ0n) is 19.7. The van der Waals surface area contributed by atoms with Gasteiger partial charge in [0, 0.05) is 49.9 Å². The average molecular weight is 516 g/mol. The van der Waals surface area contributed by atoms with Gasteiger partial charge >= 0.3 is 0 Å². The van der Waals surface area contributed by atoms with E-state index in [4.69, 9.17) is 16.6 Å². The van der Waals surface area contributed by atoms with Crippen LogP contribution in [0.2, 0.25) is 5.02 Å². The van der Waals surface area contributed by atoms with Crippen LogP contribution in [-0.2, 0) is 16.4 Å². The summed E-state index contributed by atoms with van der Waals surface area (Å²) in [6.07, 6.45) is 0.675. The lowest BCUT2D eigenvalue weighted by Gasteiger charge is -2.35. The van der Waals surface area contributed by atoms with Gasteiger partial charge in [0.25, 0.3) is 5.69 Å². The van der Waals surface area contributed by atoms with Crippen LogP contribution in [0.5, 0.6) is 0 Å². The number of sulfonamides is 1. The van der Waals surface area contributed by atoms with Crippen LogP contribution in [0, 0.1) is 30.9 Å². The van der Waals surface area contributed by atoms with Gasteiger partial charge in [0.1, 0.15) is 16.7 Å². The molecule has 35 heavy (non-hydrogen) atoms. The van der Waals surface area contributed by atoms with Crippen molar-refractivity contribution in [1.29, 1.82) is 0 Å². The number of nitrogens with zero attached hydrogens (tertiary/aromatic N) is 5. The minimum Gasteiger partial charge on any atom is -0.354 e. The van der Waals surface area contributed by atoms with E-state index in [2.05, 4.69) is 34.1 Å². The predicted octanol–water partition coefficient (Wildman–Crippen LogP) is 4.07. The summed E-state index contributed by atoms with van der Waals surface area (Å²) >= 11 is 5.85. The van der Waals surface area contributed by atoms with E-state index in [1.54, 1.807) is 0 Å². The summed E-state index contributed by atoms with van der Waals surface area (Å²) < 4.78 is 27.7. The zero-order chi connectivity index (χ0) is 25.3. The third-order valence-electron chi connectivity index (χ3n) is 6.10. The van der Waals surface area contributed by atoms with Gasteiger partial charge in [-0.3, -0.25) is 10.1 Å². The van der Waals surface area contributed by atoms with Gasteiger partial charge in [-0.2, -0.15) is 4.31 Å². The highest BCUT2D eigenvalue weighted by Gasteiger charge is 2.31. The van der Waals surface area contributed by atoms with Gasteiger partial charge in [-0.15, -0.1) is 0 Å². The Morgan fingerprint density at radius 1 is 1.00 bits per heavy atom. The molecule has 0 N–H and O–H groups in total. The number of hydrogen-bond donors (Lipinski definition) is 0. The molecule has 1 aliphatic heterocycles. The van der Waals surface area contributed by atoms with Crippen LogP contribution in [0.25, 0.3) is 0 Å². The maximum Gasteiger partial charge on any atom is 0.289 e. The summed E-state index contributed by atoms with van der Waals surface area (Å²) in [4.78, 5) is 21.7. The monoisotopic (exact) mass is 515 g/mol. The molecule has 1 fully saturated rings. The summed E-state index contributed by atoms with van der Waals surface area (Å²) in [5, 5.41) is 11.1. The Hall–Kier alpha value is -3.08. The molecule has 184 valence electrons. The van der Waals surface area contributed by atoms with Crippen LogP contribution in [0.4, 0.5) is 11.5 Å². The van der Waals surface area contributed by atoms with Gasteiger partial charge in [-0.05, 0) is 38.5 Å². The molecule has 1 aromatic heterocycles. The van der Waals surface area contributed by atoms with E-state index in [1.807, 2.05) is 20.8 Å². The average Bonchev–Trinajstić information content (AvgIpc) is 2.82. The lowest BCUT2D eigenvalue weighted by atomic mass is 10.0. The second kappa shape index (κ2) is 9.88. The third kappa shape index (κ3) is 5.29. The summed E-state index contributed by atoms with van der Waals surface area (Å²) in [7, 11) is -3.91. The maximum absolute atomic E-state index is 13.2. The number of benzene rings is 2. The summed E-state index contributed by atoms with van der Waals surface area (Å²) in [5.41, 5.74) is 3.83. The smallest absolute Gasteiger partial charge is 0.289 e. The highest BCUT2D eigenvalue weighted by Crippen LogP contribution is 2.30. The normalized spacial score (nSPS) is 14.8. The van der Waals surface area contributed by atoms with E-state index >= 15 is 0 Å². The van der Waals surface area contributed by atoms with Crippen LogP contribution in [0.1, 0.15) is 28.2 Å².